The van der Waals surface area contributed by atoms with Crippen molar-refractivity contribution in [1.29, 1.82) is 0 Å². The van der Waals surface area contributed by atoms with Gasteiger partial charge in [-0.15, -0.1) is 0 Å². The summed E-state index contributed by atoms with van der Waals surface area (Å²) in [6, 6.07) is 1.30. The number of hydrogen-bond acceptors (Lipinski definition) is 3. The van der Waals surface area contributed by atoms with E-state index in [-0.39, 0.29) is 0 Å². The van der Waals surface area contributed by atoms with Crippen LogP contribution in [0.1, 0.15) is 40.0 Å². The molecule has 1 saturated heterocycles. The number of hydrogen-bond donors (Lipinski definition) is 1. The highest BCUT2D eigenvalue weighted by Crippen LogP contribution is 2.20. The summed E-state index contributed by atoms with van der Waals surface area (Å²) in [5.74, 6) is 0.728. The van der Waals surface area contributed by atoms with Crippen molar-refractivity contribution in [3.05, 3.63) is 0 Å². The van der Waals surface area contributed by atoms with Gasteiger partial charge in [0.05, 0.1) is 0 Å². The summed E-state index contributed by atoms with van der Waals surface area (Å²) >= 11 is 0. The molecule has 0 aromatic heterocycles. The van der Waals surface area contributed by atoms with Crippen molar-refractivity contribution in [2.45, 2.75) is 52.1 Å². The number of rotatable bonds is 6. The van der Waals surface area contributed by atoms with Crippen LogP contribution in [0.4, 0.5) is 0 Å². The van der Waals surface area contributed by atoms with E-state index in [0.717, 1.165) is 12.5 Å². The van der Waals surface area contributed by atoms with Gasteiger partial charge in [0.25, 0.3) is 0 Å². The van der Waals surface area contributed by atoms with Crippen molar-refractivity contribution in [1.82, 2.24) is 9.80 Å². The number of nitrogens with two attached hydrogens (primary N) is 1. The molecule has 102 valence electrons. The third-order valence-corrected chi connectivity index (χ3v) is 4.39. The molecule has 0 amide bonds. The summed E-state index contributed by atoms with van der Waals surface area (Å²) in [6.07, 6.45) is 3.81. The molecule has 1 aliphatic rings. The van der Waals surface area contributed by atoms with Crippen LogP contribution in [0.3, 0.4) is 0 Å². The second-order valence-electron chi connectivity index (χ2n) is 5.61. The zero-order valence-corrected chi connectivity index (χ0v) is 12.2. The van der Waals surface area contributed by atoms with Crippen molar-refractivity contribution in [2.24, 2.45) is 11.7 Å². The Bertz CT molecular complexity index is 208. The molecule has 0 aromatic rings. The van der Waals surface area contributed by atoms with Gasteiger partial charge in [0.15, 0.2) is 0 Å². The van der Waals surface area contributed by atoms with E-state index in [2.05, 4.69) is 37.6 Å². The summed E-state index contributed by atoms with van der Waals surface area (Å²) in [4.78, 5) is 5.13. The molecular weight excluding hydrogens is 210 g/mol. The maximum absolute atomic E-state index is 6.00. The Labute approximate surface area is 107 Å². The molecule has 0 aliphatic carbocycles. The van der Waals surface area contributed by atoms with Gasteiger partial charge in [-0.25, -0.2) is 0 Å². The minimum atomic E-state index is 0.581. The van der Waals surface area contributed by atoms with Gasteiger partial charge in [-0.05, 0) is 25.8 Å². The SMILES string of the molecule is CCCC(C)C(CN)N1CCN(C)C(CC)C1. The summed E-state index contributed by atoms with van der Waals surface area (Å²) < 4.78 is 0. The quantitative estimate of drug-likeness (QED) is 0.769. The van der Waals surface area contributed by atoms with Crippen LogP contribution in [0.5, 0.6) is 0 Å². The molecule has 1 fully saturated rings. The summed E-state index contributed by atoms with van der Waals surface area (Å²) in [5.41, 5.74) is 6.00. The summed E-state index contributed by atoms with van der Waals surface area (Å²) in [5, 5.41) is 0. The molecular formula is C14H31N3. The van der Waals surface area contributed by atoms with Crippen LogP contribution < -0.4 is 5.73 Å². The third-order valence-electron chi connectivity index (χ3n) is 4.39. The third kappa shape index (κ3) is 3.94. The lowest BCUT2D eigenvalue weighted by Gasteiger charge is -2.44. The highest BCUT2D eigenvalue weighted by molar-refractivity contribution is 4.86. The predicted molar refractivity (Wildman–Crippen MR) is 75.2 cm³/mol. The minimum Gasteiger partial charge on any atom is -0.329 e. The van der Waals surface area contributed by atoms with E-state index in [4.69, 9.17) is 5.73 Å². The van der Waals surface area contributed by atoms with Gasteiger partial charge in [0.2, 0.25) is 0 Å². The molecule has 3 atom stereocenters. The first kappa shape index (κ1) is 14.9. The van der Waals surface area contributed by atoms with Gasteiger partial charge < -0.3 is 10.6 Å². The van der Waals surface area contributed by atoms with E-state index in [9.17, 15) is 0 Å². The topological polar surface area (TPSA) is 32.5 Å². The van der Waals surface area contributed by atoms with Gasteiger partial charge in [0, 0.05) is 38.3 Å². The van der Waals surface area contributed by atoms with E-state index in [1.165, 1.54) is 38.9 Å². The Morgan fingerprint density at radius 1 is 1.29 bits per heavy atom. The summed E-state index contributed by atoms with van der Waals surface area (Å²) in [6.45, 7) is 11.3. The van der Waals surface area contributed by atoms with Crippen molar-refractivity contribution in [3.8, 4) is 0 Å². The lowest BCUT2D eigenvalue weighted by atomic mass is 9.94. The minimum absolute atomic E-state index is 0.581. The van der Waals surface area contributed by atoms with E-state index >= 15 is 0 Å². The highest BCUT2D eigenvalue weighted by Gasteiger charge is 2.29. The first-order valence-electron chi connectivity index (χ1n) is 7.28. The fourth-order valence-electron chi connectivity index (χ4n) is 3.10. The Hall–Kier alpha value is -0.120. The molecule has 1 heterocycles. The molecule has 1 rings (SSSR count). The number of likely N-dealkylation sites (N-methyl/N-ethyl adjacent to an activating group) is 1. The maximum Gasteiger partial charge on any atom is 0.0245 e. The molecule has 1 aliphatic heterocycles. The average molecular weight is 241 g/mol. The maximum atomic E-state index is 6.00. The average Bonchev–Trinajstić information content (AvgIpc) is 2.32. The van der Waals surface area contributed by atoms with E-state index < -0.39 is 0 Å². The fraction of sp³-hybridized carbons (Fsp3) is 1.00. The Morgan fingerprint density at radius 3 is 2.53 bits per heavy atom. The van der Waals surface area contributed by atoms with Gasteiger partial charge in [-0.2, -0.15) is 0 Å². The van der Waals surface area contributed by atoms with Crippen molar-refractivity contribution in [2.75, 3.05) is 33.2 Å². The van der Waals surface area contributed by atoms with Crippen LogP contribution in [0.15, 0.2) is 0 Å². The highest BCUT2D eigenvalue weighted by atomic mass is 15.3. The molecule has 0 bridgehead atoms. The van der Waals surface area contributed by atoms with Crippen molar-refractivity contribution >= 4 is 0 Å². The van der Waals surface area contributed by atoms with Gasteiger partial charge in [-0.3, -0.25) is 4.90 Å². The Kier molecular flexibility index (Phi) is 6.45. The lowest BCUT2D eigenvalue weighted by Crippen LogP contribution is -2.57. The van der Waals surface area contributed by atoms with Crippen LogP contribution >= 0.6 is 0 Å². The normalized spacial score (nSPS) is 27.0. The molecule has 0 saturated carbocycles. The van der Waals surface area contributed by atoms with Crippen LogP contribution in [0.25, 0.3) is 0 Å². The van der Waals surface area contributed by atoms with Crippen LogP contribution in [-0.4, -0.2) is 55.1 Å². The molecule has 3 heteroatoms. The van der Waals surface area contributed by atoms with Gasteiger partial charge in [-0.1, -0.05) is 27.2 Å². The second-order valence-corrected chi connectivity index (χ2v) is 5.61. The fourth-order valence-corrected chi connectivity index (χ4v) is 3.10. The molecule has 3 nitrogen and oxygen atoms in total. The molecule has 2 N–H and O–H groups in total. The van der Waals surface area contributed by atoms with E-state index in [1.54, 1.807) is 0 Å². The van der Waals surface area contributed by atoms with Crippen molar-refractivity contribution in [3.63, 3.8) is 0 Å². The van der Waals surface area contributed by atoms with Crippen LogP contribution in [0.2, 0.25) is 0 Å². The zero-order valence-electron chi connectivity index (χ0n) is 12.2. The van der Waals surface area contributed by atoms with Gasteiger partial charge >= 0.3 is 0 Å². The van der Waals surface area contributed by atoms with Crippen LogP contribution in [-0.2, 0) is 0 Å². The first-order chi connectivity index (χ1) is 8.13. The molecule has 3 unspecified atom stereocenters. The van der Waals surface area contributed by atoms with E-state index in [0.29, 0.717) is 12.1 Å². The smallest absolute Gasteiger partial charge is 0.0245 e. The molecule has 0 aromatic carbocycles. The summed E-state index contributed by atoms with van der Waals surface area (Å²) in [7, 11) is 2.25. The number of piperazine rings is 1. The number of nitrogens with zero attached hydrogens (tertiary/aromatic N) is 2. The largest absolute Gasteiger partial charge is 0.329 e. The predicted octanol–water partition coefficient (Wildman–Crippen LogP) is 1.78. The lowest BCUT2D eigenvalue weighted by molar-refractivity contribution is 0.0453. The van der Waals surface area contributed by atoms with Gasteiger partial charge in [0.1, 0.15) is 0 Å². The van der Waals surface area contributed by atoms with E-state index in [1.807, 2.05) is 0 Å². The first-order valence-corrected chi connectivity index (χ1v) is 7.28. The van der Waals surface area contributed by atoms with Crippen LogP contribution in [0, 0.1) is 5.92 Å². The van der Waals surface area contributed by atoms with Crippen molar-refractivity contribution < 1.29 is 0 Å². The molecule has 0 spiro atoms. The standard InChI is InChI=1S/C14H31N3/c1-5-7-12(3)14(10-15)17-9-8-16(4)13(6-2)11-17/h12-14H,5-11,15H2,1-4H3. The molecule has 0 radical (unpaired) electrons. The Morgan fingerprint density at radius 2 is 2.00 bits per heavy atom. The molecule has 17 heavy (non-hydrogen) atoms. The second kappa shape index (κ2) is 7.34. The monoisotopic (exact) mass is 241 g/mol. The Balaban J connectivity index is 2.57. The zero-order chi connectivity index (χ0) is 12.8.